The highest BCUT2D eigenvalue weighted by atomic mass is 35.5. The summed E-state index contributed by atoms with van der Waals surface area (Å²) in [6, 6.07) is 5.31. The van der Waals surface area contributed by atoms with E-state index in [1.165, 1.54) is 4.31 Å². The molecule has 2 rings (SSSR count). The molecule has 120 valence electrons. The van der Waals surface area contributed by atoms with Crippen LogP contribution in [0.1, 0.15) is 25.3 Å². The lowest BCUT2D eigenvalue weighted by Gasteiger charge is -2.20. The molecule has 1 aromatic rings. The van der Waals surface area contributed by atoms with Crippen molar-refractivity contribution < 1.29 is 8.42 Å². The van der Waals surface area contributed by atoms with Crippen LogP contribution < -0.4 is 5.32 Å². The number of halogens is 2. The molecule has 0 bridgehead atoms. The lowest BCUT2D eigenvalue weighted by atomic mass is 10.1. The average Bonchev–Trinajstić information content (AvgIpc) is 2.70. The van der Waals surface area contributed by atoms with Crippen molar-refractivity contribution >= 4 is 34.0 Å². The molecule has 0 atom stereocenters. The summed E-state index contributed by atoms with van der Waals surface area (Å²) in [5, 5.41) is 3.52. The lowest BCUT2D eigenvalue weighted by molar-refractivity contribution is 0.432. The number of hydrogen-bond donors (Lipinski definition) is 1. The number of rotatable bonds is 4. The second-order valence-electron chi connectivity index (χ2n) is 5.02. The standard InChI is InChI=1S/C14H21ClN2O2S.ClH/c1-2-4-12-5-6-13(15)14(11-12)20(18,19)17-9-3-7-16-8-10-17;/h5-6,11,16H,2-4,7-10H2,1H3;1H. The fourth-order valence-corrected chi connectivity index (χ4v) is 4.39. The van der Waals surface area contributed by atoms with Crippen LogP contribution in [0.3, 0.4) is 0 Å². The van der Waals surface area contributed by atoms with E-state index in [1.54, 1.807) is 12.1 Å². The molecule has 0 saturated carbocycles. The molecule has 1 aliphatic heterocycles. The van der Waals surface area contributed by atoms with E-state index in [4.69, 9.17) is 11.6 Å². The van der Waals surface area contributed by atoms with Crippen LogP contribution in [0.4, 0.5) is 0 Å². The van der Waals surface area contributed by atoms with Crippen molar-refractivity contribution in [2.24, 2.45) is 0 Å². The SMILES string of the molecule is CCCc1ccc(Cl)c(S(=O)(=O)N2CCCNCC2)c1.Cl. The van der Waals surface area contributed by atoms with Gasteiger partial charge in [0.2, 0.25) is 10.0 Å². The summed E-state index contributed by atoms with van der Waals surface area (Å²) in [5.41, 5.74) is 1.02. The van der Waals surface area contributed by atoms with Crippen LogP contribution in [0.15, 0.2) is 23.1 Å². The van der Waals surface area contributed by atoms with E-state index in [1.807, 2.05) is 6.07 Å². The number of aryl methyl sites for hydroxylation is 1. The zero-order chi connectivity index (χ0) is 14.6. The van der Waals surface area contributed by atoms with Crippen molar-refractivity contribution in [2.45, 2.75) is 31.1 Å². The minimum Gasteiger partial charge on any atom is -0.315 e. The minimum atomic E-state index is -3.50. The largest absolute Gasteiger partial charge is 0.315 e. The number of hydrogen-bond acceptors (Lipinski definition) is 3. The maximum atomic E-state index is 12.7. The van der Waals surface area contributed by atoms with Crippen molar-refractivity contribution in [3.05, 3.63) is 28.8 Å². The first-order valence-electron chi connectivity index (χ1n) is 7.05. The van der Waals surface area contributed by atoms with Crippen molar-refractivity contribution in [1.82, 2.24) is 9.62 Å². The van der Waals surface area contributed by atoms with Crippen LogP contribution in [0.5, 0.6) is 0 Å². The van der Waals surface area contributed by atoms with E-state index < -0.39 is 10.0 Å². The third-order valence-corrected chi connectivity index (χ3v) is 5.83. The molecular weight excluding hydrogens is 331 g/mol. The van der Waals surface area contributed by atoms with Crippen LogP contribution in [0.2, 0.25) is 5.02 Å². The van der Waals surface area contributed by atoms with Gasteiger partial charge in [0.1, 0.15) is 4.90 Å². The Morgan fingerprint density at radius 3 is 2.76 bits per heavy atom. The van der Waals surface area contributed by atoms with Gasteiger partial charge < -0.3 is 5.32 Å². The molecule has 0 radical (unpaired) electrons. The van der Waals surface area contributed by atoms with Crippen LogP contribution in [-0.4, -0.2) is 38.9 Å². The molecule has 21 heavy (non-hydrogen) atoms. The van der Waals surface area contributed by atoms with Crippen LogP contribution in [-0.2, 0) is 16.4 Å². The van der Waals surface area contributed by atoms with Crippen LogP contribution in [0.25, 0.3) is 0 Å². The Hall–Kier alpha value is -0.330. The first kappa shape index (κ1) is 18.7. The average molecular weight is 353 g/mol. The molecule has 1 saturated heterocycles. The molecule has 1 N–H and O–H groups in total. The molecular formula is C14H22Cl2N2O2S. The molecule has 7 heteroatoms. The van der Waals surface area contributed by atoms with E-state index in [2.05, 4.69) is 12.2 Å². The van der Waals surface area contributed by atoms with Crippen molar-refractivity contribution in [1.29, 1.82) is 0 Å². The van der Waals surface area contributed by atoms with Gasteiger partial charge in [-0.05, 0) is 37.1 Å². The monoisotopic (exact) mass is 352 g/mol. The molecule has 4 nitrogen and oxygen atoms in total. The number of benzene rings is 1. The summed E-state index contributed by atoms with van der Waals surface area (Å²) in [7, 11) is -3.50. The van der Waals surface area contributed by atoms with Gasteiger partial charge in [0.15, 0.2) is 0 Å². The fraction of sp³-hybridized carbons (Fsp3) is 0.571. The third-order valence-electron chi connectivity index (χ3n) is 3.45. The van der Waals surface area contributed by atoms with Gasteiger partial charge in [-0.1, -0.05) is 31.0 Å². The second-order valence-corrected chi connectivity index (χ2v) is 7.34. The smallest absolute Gasteiger partial charge is 0.244 e. The van der Waals surface area contributed by atoms with Gasteiger partial charge in [-0.25, -0.2) is 8.42 Å². The maximum Gasteiger partial charge on any atom is 0.244 e. The molecule has 0 aromatic heterocycles. The Bertz CT molecular complexity index is 556. The minimum absolute atomic E-state index is 0. The van der Waals surface area contributed by atoms with Crippen molar-refractivity contribution in [2.75, 3.05) is 26.2 Å². The highest BCUT2D eigenvalue weighted by Gasteiger charge is 2.27. The predicted octanol–water partition coefficient (Wildman–Crippen LogP) is 2.70. The Morgan fingerprint density at radius 2 is 2.05 bits per heavy atom. The summed E-state index contributed by atoms with van der Waals surface area (Å²) in [5.74, 6) is 0. The molecule has 1 fully saturated rings. The number of sulfonamides is 1. The Balaban J connectivity index is 0.00000220. The zero-order valence-electron chi connectivity index (χ0n) is 12.1. The van der Waals surface area contributed by atoms with Gasteiger partial charge in [-0.3, -0.25) is 0 Å². The molecule has 1 heterocycles. The van der Waals surface area contributed by atoms with Gasteiger partial charge in [0.05, 0.1) is 5.02 Å². The highest BCUT2D eigenvalue weighted by molar-refractivity contribution is 7.89. The lowest BCUT2D eigenvalue weighted by Crippen LogP contribution is -2.34. The van der Waals surface area contributed by atoms with Gasteiger partial charge in [0, 0.05) is 19.6 Å². The molecule has 1 aliphatic rings. The van der Waals surface area contributed by atoms with E-state index >= 15 is 0 Å². The second kappa shape index (κ2) is 8.34. The first-order chi connectivity index (χ1) is 9.55. The van der Waals surface area contributed by atoms with Gasteiger partial charge in [0.25, 0.3) is 0 Å². The van der Waals surface area contributed by atoms with E-state index in [9.17, 15) is 8.42 Å². The Kier molecular flexibility index (Phi) is 7.44. The number of nitrogens with one attached hydrogen (secondary N) is 1. The Labute approximate surface area is 138 Å². The molecule has 0 amide bonds. The van der Waals surface area contributed by atoms with Gasteiger partial charge >= 0.3 is 0 Å². The zero-order valence-corrected chi connectivity index (χ0v) is 14.5. The maximum absolute atomic E-state index is 12.7. The number of nitrogens with zero attached hydrogens (tertiary/aromatic N) is 1. The van der Waals surface area contributed by atoms with E-state index in [0.717, 1.165) is 31.4 Å². The first-order valence-corrected chi connectivity index (χ1v) is 8.87. The molecule has 0 spiro atoms. The van der Waals surface area contributed by atoms with Gasteiger partial charge in [-0.2, -0.15) is 4.31 Å². The van der Waals surface area contributed by atoms with Gasteiger partial charge in [-0.15, -0.1) is 12.4 Å². The normalized spacial score (nSPS) is 17.0. The van der Waals surface area contributed by atoms with Crippen LogP contribution >= 0.6 is 24.0 Å². The summed E-state index contributed by atoms with van der Waals surface area (Å²) < 4.78 is 27.0. The Morgan fingerprint density at radius 1 is 1.29 bits per heavy atom. The molecule has 0 unspecified atom stereocenters. The van der Waals surface area contributed by atoms with Crippen molar-refractivity contribution in [3.63, 3.8) is 0 Å². The molecule has 1 aromatic carbocycles. The van der Waals surface area contributed by atoms with E-state index in [0.29, 0.717) is 24.7 Å². The van der Waals surface area contributed by atoms with E-state index in [-0.39, 0.29) is 17.3 Å². The quantitative estimate of drug-likeness (QED) is 0.906. The summed E-state index contributed by atoms with van der Waals surface area (Å²) in [4.78, 5) is 0.243. The highest BCUT2D eigenvalue weighted by Crippen LogP contribution is 2.26. The summed E-state index contributed by atoms with van der Waals surface area (Å²) >= 11 is 6.12. The fourth-order valence-electron chi connectivity index (χ4n) is 2.39. The summed E-state index contributed by atoms with van der Waals surface area (Å²) in [6.45, 7) is 4.66. The third kappa shape index (κ3) is 4.57. The van der Waals surface area contributed by atoms with Crippen molar-refractivity contribution in [3.8, 4) is 0 Å². The molecule has 0 aliphatic carbocycles. The topological polar surface area (TPSA) is 49.4 Å². The van der Waals surface area contributed by atoms with Crippen LogP contribution in [0, 0.1) is 0 Å². The predicted molar refractivity (Wildman–Crippen MR) is 88.9 cm³/mol. The summed E-state index contributed by atoms with van der Waals surface area (Å²) in [6.07, 6.45) is 2.67.